The summed E-state index contributed by atoms with van der Waals surface area (Å²) in [6.07, 6.45) is 0.883. The summed E-state index contributed by atoms with van der Waals surface area (Å²) < 4.78 is 38.1. The first-order chi connectivity index (χ1) is 11.1. The first-order valence-electron chi connectivity index (χ1n) is 6.52. The third-order valence-electron chi connectivity index (χ3n) is 3.51. The fourth-order valence-electron chi connectivity index (χ4n) is 2.51. The number of carbonyl (C=O) groups is 2. The number of nitrogens with zero attached hydrogens (tertiary/aromatic N) is 1. The molecule has 3 rings (SSSR count). The molecular weight excluding hydrogens is 341 g/mol. The molecule has 1 aromatic heterocycles. The lowest BCUT2D eigenvalue weighted by molar-refractivity contribution is 0.0880. The molecule has 0 saturated carbocycles. The van der Waals surface area contributed by atoms with E-state index in [1.54, 1.807) is 0 Å². The minimum atomic E-state index is -3.82. The van der Waals surface area contributed by atoms with Crippen molar-refractivity contribution in [3.63, 3.8) is 0 Å². The summed E-state index contributed by atoms with van der Waals surface area (Å²) in [7, 11) is -3.82. The Morgan fingerprint density at radius 1 is 1.12 bits per heavy atom. The molecule has 2 aromatic rings. The highest BCUT2D eigenvalue weighted by molar-refractivity contribution is 7.90. The van der Waals surface area contributed by atoms with E-state index < -0.39 is 38.8 Å². The molecule has 10 heteroatoms. The summed E-state index contributed by atoms with van der Waals surface area (Å²) in [4.78, 5) is 35.4. The Bertz CT molecular complexity index is 1090. The van der Waals surface area contributed by atoms with Crippen LogP contribution in [0.3, 0.4) is 0 Å². The van der Waals surface area contributed by atoms with Crippen LogP contribution in [-0.4, -0.2) is 31.1 Å². The Morgan fingerprint density at radius 2 is 1.79 bits per heavy atom. The molecule has 124 valence electrons. The maximum absolute atomic E-state index is 13.6. The van der Waals surface area contributed by atoms with Crippen molar-refractivity contribution in [1.29, 1.82) is 0 Å². The lowest BCUT2D eigenvalue weighted by atomic mass is 10.1. The smallest absolute Gasteiger partial charge is 0.262 e. The zero-order valence-corrected chi connectivity index (χ0v) is 13.0. The van der Waals surface area contributed by atoms with Crippen LogP contribution in [-0.2, 0) is 9.84 Å². The Hall–Kier alpha value is -3.01. The largest absolute Gasteiger partial charge is 0.384 e. The molecule has 0 atom stereocenters. The Balaban J connectivity index is 2.44. The first-order valence-corrected chi connectivity index (χ1v) is 8.41. The molecular formula is C14H10FN3O5S. The van der Waals surface area contributed by atoms with E-state index in [0.717, 1.165) is 30.5 Å². The number of carbonyl (C=O) groups excluding carboxylic acids is 2. The minimum absolute atomic E-state index is 0.212. The molecule has 0 radical (unpaired) electrons. The van der Waals surface area contributed by atoms with Crippen molar-refractivity contribution in [2.24, 2.45) is 0 Å². The van der Waals surface area contributed by atoms with E-state index in [1.807, 2.05) is 5.32 Å². The van der Waals surface area contributed by atoms with Crippen LogP contribution < -0.4 is 16.6 Å². The molecule has 2 heterocycles. The second-order valence-corrected chi connectivity index (χ2v) is 7.14. The highest BCUT2D eigenvalue weighted by Gasteiger charge is 2.32. The number of fused-ring (bicyclic) bond motifs is 1. The molecule has 1 aliphatic rings. The van der Waals surface area contributed by atoms with Crippen molar-refractivity contribution < 1.29 is 22.4 Å². The van der Waals surface area contributed by atoms with Crippen molar-refractivity contribution in [2.45, 2.75) is 4.90 Å². The van der Waals surface area contributed by atoms with Gasteiger partial charge in [0.1, 0.15) is 11.6 Å². The summed E-state index contributed by atoms with van der Waals surface area (Å²) in [5, 5.41) is 1.98. The SMILES string of the molecule is CS(=O)(=O)c1ccc(F)cc1-n1c(N)c2c(cc1=O)C(=O)NC2=O. The van der Waals surface area contributed by atoms with Crippen LogP contribution in [0.15, 0.2) is 34.0 Å². The van der Waals surface area contributed by atoms with Crippen molar-refractivity contribution in [1.82, 2.24) is 9.88 Å². The van der Waals surface area contributed by atoms with Gasteiger partial charge in [0.25, 0.3) is 17.4 Å². The zero-order chi connectivity index (χ0) is 17.8. The van der Waals surface area contributed by atoms with E-state index in [-0.39, 0.29) is 21.7 Å². The molecule has 0 fully saturated rings. The van der Waals surface area contributed by atoms with Gasteiger partial charge in [-0.3, -0.25) is 24.3 Å². The lowest BCUT2D eigenvalue weighted by Gasteiger charge is -2.15. The maximum atomic E-state index is 13.6. The molecule has 3 N–H and O–H groups in total. The predicted octanol–water partition coefficient (Wildman–Crippen LogP) is -0.154. The van der Waals surface area contributed by atoms with Gasteiger partial charge in [-0.2, -0.15) is 0 Å². The van der Waals surface area contributed by atoms with E-state index in [2.05, 4.69) is 0 Å². The molecule has 0 bridgehead atoms. The van der Waals surface area contributed by atoms with Crippen molar-refractivity contribution >= 4 is 27.5 Å². The quantitative estimate of drug-likeness (QED) is 0.572. The van der Waals surface area contributed by atoms with E-state index in [1.165, 1.54) is 0 Å². The summed E-state index contributed by atoms with van der Waals surface area (Å²) in [5.74, 6) is -2.85. The second-order valence-electron chi connectivity index (χ2n) is 5.16. The molecule has 0 aliphatic carbocycles. The predicted molar refractivity (Wildman–Crippen MR) is 81.3 cm³/mol. The molecule has 0 saturated heterocycles. The van der Waals surface area contributed by atoms with Gasteiger partial charge in [-0.05, 0) is 18.2 Å². The molecule has 1 aliphatic heterocycles. The van der Waals surface area contributed by atoms with Gasteiger partial charge in [0.05, 0.1) is 21.7 Å². The number of sulfone groups is 1. The molecule has 2 amide bonds. The van der Waals surface area contributed by atoms with Crippen LogP contribution in [0.5, 0.6) is 0 Å². The third kappa shape index (κ3) is 2.27. The Morgan fingerprint density at radius 3 is 2.42 bits per heavy atom. The number of amides is 2. The van der Waals surface area contributed by atoms with Gasteiger partial charge in [-0.1, -0.05) is 0 Å². The second kappa shape index (κ2) is 4.99. The number of anilines is 1. The monoisotopic (exact) mass is 351 g/mol. The van der Waals surface area contributed by atoms with Crippen LogP contribution in [0.2, 0.25) is 0 Å². The van der Waals surface area contributed by atoms with Crippen LogP contribution >= 0.6 is 0 Å². The summed E-state index contributed by atoms with van der Waals surface area (Å²) in [6, 6.07) is 3.58. The highest BCUT2D eigenvalue weighted by Crippen LogP contribution is 2.26. The lowest BCUT2D eigenvalue weighted by Crippen LogP contribution is -2.25. The number of hydrogen-bond acceptors (Lipinski definition) is 6. The number of rotatable bonds is 2. The topological polar surface area (TPSA) is 128 Å². The van der Waals surface area contributed by atoms with Crippen LogP contribution in [0.1, 0.15) is 20.7 Å². The van der Waals surface area contributed by atoms with E-state index >= 15 is 0 Å². The van der Waals surface area contributed by atoms with Crippen molar-refractivity contribution in [3.8, 4) is 5.69 Å². The minimum Gasteiger partial charge on any atom is -0.384 e. The van der Waals surface area contributed by atoms with Crippen LogP contribution in [0.25, 0.3) is 5.69 Å². The van der Waals surface area contributed by atoms with Gasteiger partial charge >= 0.3 is 0 Å². The molecule has 0 unspecified atom stereocenters. The van der Waals surface area contributed by atoms with Gasteiger partial charge in [0, 0.05) is 12.3 Å². The standard InChI is InChI=1S/C14H10FN3O5S/c1-24(22,23)9-3-2-6(15)4-8(9)18-10(19)5-7-11(12(18)16)14(21)17-13(7)20/h2-5H,16H2,1H3,(H,17,20,21). The highest BCUT2D eigenvalue weighted by atomic mass is 32.2. The number of halogens is 1. The average Bonchev–Trinajstić information content (AvgIpc) is 2.72. The van der Waals surface area contributed by atoms with E-state index in [4.69, 9.17) is 5.73 Å². The third-order valence-corrected chi connectivity index (χ3v) is 4.66. The first kappa shape index (κ1) is 15.9. The van der Waals surface area contributed by atoms with E-state index in [0.29, 0.717) is 4.57 Å². The van der Waals surface area contributed by atoms with Gasteiger partial charge in [0.2, 0.25) is 0 Å². The van der Waals surface area contributed by atoms with Crippen molar-refractivity contribution in [3.05, 3.63) is 51.6 Å². The van der Waals surface area contributed by atoms with Gasteiger partial charge in [0.15, 0.2) is 9.84 Å². The number of nitrogens with one attached hydrogen (secondary N) is 1. The molecule has 0 spiro atoms. The number of benzene rings is 1. The number of imide groups is 1. The number of pyridine rings is 1. The van der Waals surface area contributed by atoms with Gasteiger partial charge in [-0.25, -0.2) is 12.8 Å². The fraction of sp³-hybridized carbons (Fsp3) is 0.0714. The maximum Gasteiger partial charge on any atom is 0.262 e. The van der Waals surface area contributed by atoms with Crippen LogP contribution in [0, 0.1) is 5.82 Å². The number of aromatic nitrogens is 1. The average molecular weight is 351 g/mol. The number of nitrogen functional groups attached to an aromatic ring is 1. The summed E-state index contributed by atoms with van der Waals surface area (Å²) in [5.41, 5.74) is 4.14. The van der Waals surface area contributed by atoms with Crippen molar-refractivity contribution in [2.75, 3.05) is 12.0 Å². The zero-order valence-electron chi connectivity index (χ0n) is 12.2. The number of nitrogens with two attached hydrogens (primary N) is 1. The normalized spacial score (nSPS) is 13.8. The summed E-state index contributed by atoms with van der Waals surface area (Å²) in [6.45, 7) is 0. The number of hydrogen-bond donors (Lipinski definition) is 2. The fourth-order valence-corrected chi connectivity index (χ4v) is 3.35. The Labute approximate surface area is 134 Å². The Kier molecular flexibility index (Phi) is 3.30. The molecule has 8 nitrogen and oxygen atoms in total. The summed E-state index contributed by atoms with van der Waals surface area (Å²) >= 11 is 0. The van der Waals surface area contributed by atoms with Gasteiger partial charge < -0.3 is 5.73 Å². The van der Waals surface area contributed by atoms with Crippen LogP contribution in [0.4, 0.5) is 10.2 Å². The van der Waals surface area contributed by atoms with E-state index in [9.17, 15) is 27.2 Å². The van der Waals surface area contributed by atoms with Gasteiger partial charge in [-0.15, -0.1) is 0 Å². The molecule has 1 aromatic carbocycles. The molecule has 24 heavy (non-hydrogen) atoms.